The molecule has 7 nitrogen and oxygen atoms in total. The third-order valence-electron chi connectivity index (χ3n) is 3.90. The number of aromatic nitrogens is 1. The Balaban J connectivity index is 1.84. The zero-order valence-electron chi connectivity index (χ0n) is 14.3. The van der Waals surface area contributed by atoms with E-state index < -0.39 is 10.8 Å². The van der Waals surface area contributed by atoms with Crippen LogP contribution in [0.2, 0.25) is 10.0 Å². The lowest BCUT2D eigenvalue weighted by atomic mass is 10.2. The van der Waals surface area contributed by atoms with Crippen molar-refractivity contribution >= 4 is 40.5 Å². The summed E-state index contributed by atoms with van der Waals surface area (Å²) in [5, 5.41) is 14.3. The average molecular weight is 418 g/mol. The number of rotatable bonds is 5. The Kier molecular flexibility index (Phi) is 5.77. The predicted molar refractivity (Wildman–Crippen MR) is 107 cm³/mol. The number of hydrogen-bond donors (Lipinski definition) is 1. The highest BCUT2D eigenvalue weighted by Gasteiger charge is 2.12. The maximum Gasteiger partial charge on any atom is 0.269 e. The van der Waals surface area contributed by atoms with Gasteiger partial charge in [0.1, 0.15) is 0 Å². The fourth-order valence-corrected chi connectivity index (χ4v) is 3.00. The van der Waals surface area contributed by atoms with Gasteiger partial charge < -0.3 is 9.88 Å². The Morgan fingerprint density at radius 2 is 1.89 bits per heavy atom. The van der Waals surface area contributed by atoms with Crippen LogP contribution in [-0.2, 0) is 6.54 Å². The van der Waals surface area contributed by atoms with Crippen LogP contribution in [0.15, 0.2) is 65.6 Å². The van der Waals surface area contributed by atoms with E-state index in [1.807, 2.05) is 0 Å². The second-order valence-corrected chi connectivity index (χ2v) is 6.73. The van der Waals surface area contributed by atoms with Crippen molar-refractivity contribution in [2.24, 2.45) is 0 Å². The Bertz CT molecular complexity index is 1130. The number of nitro groups is 1. The monoisotopic (exact) mass is 417 g/mol. The molecule has 0 saturated heterocycles. The third-order valence-corrected chi connectivity index (χ3v) is 4.45. The summed E-state index contributed by atoms with van der Waals surface area (Å²) >= 11 is 11.9. The normalized spacial score (nSPS) is 10.5. The molecular formula is C19H13Cl2N3O4. The van der Waals surface area contributed by atoms with Gasteiger partial charge in [0.15, 0.2) is 0 Å². The summed E-state index contributed by atoms with van der Waals surface area (Å²) < 4.78 is 1.30. The van der Waals surface area contributed by atoms with Crippen molar-refractivity contribution in [1.29, 1.82) is 0 Å². The summed E-state index contributed by atoms with van der Waals surface area (Å²) in [6.07, 6.45) is 1.39. The van der Waals surface area contributed by atoms with Crippen molar-refractivity contribution in [3.63, 3.8) is 0 Å². The number of benzene rings is 2. The van der Waals surface area contributed by atoms with Gasteiger partial charge in [0.25, 0.3) is 17.2 Å². The fraction of sp³-hybridized carbons (Fsp3) is 0.0526. The van der Waals surface area contributed by atoms with E-state index in [0.717, 1.165) is 0 Å². The Labute approximate surface area is 169 Å². The van der Waals surface area contributed by atoms with Crippen molar-refractivity contribution in [1.82, 2.24) is 4.57 Å². The van der Waals surface area contributed by atoms with Gasteiger partial charge in [-0.1, -0.05) is 35.3 Å². The minimum absolute atomic E-state index is 0.0724. The number of amides is 1. The van der Waals surface area contributed by atoms with Gasteiger partial charge in [-0.25, -0.2) is 0 Å². The lowest BCUT2D eigenvalue weighted by molar-refractivity contribution is -0.384. The van der Waals surface area contributed by atoms with E-state index in [4.69, 9.17) is 23.2 Å². The first kappa shape index (κ1) is 19.6. The SMILES string of the molecule is O=C(Nc1ccc(Cl)cc1Cl)c1ccc(=O)n(Cc2cccc([N+](=O)[O-])c2)c1. The molecule has 1 heterocycles. The second kappa shape index (κ2) is 8.24. The smallest absolute Gasteiger partial charge is 0.269 e. The molecule has 9 heteroatoms. The van der Waals surface area contributed by atoms with Crippen LogP contribution in [0.25, 0.3) is 0 Å². The van der Waals surface area contributed by atoms with E-state index in [1.165, 1.54) is 47.2 Å². The molecule has 0 unspecified atom stereocenters. The molecule has 142 valence electrons. The molecule has 0 fully saturated rings. The summed E-state index contributed by atoms with van der Waals surface area (Å²) in [5.41, 5.74) is 0.766. The molecule has 2 aromatic carbocycles. The molecule has 1 amide bonds. The van der Waals surface area contributed by atoms with Crippen molar-refractivity contribution in [3.05, 3.63) is 102 Å². The number of carbonyl (C=O) groups excluding carboxylic acids is 1. The van der Waals surface area contributed by atoms with Crippen LogP contribution in [0.3, 0.4) is 0 Å². The first-order valence-corrected chi connectivity index (χ1v) is 8.79. The number of nitro benzene ring substituents is 1. The Morgan fingerprint density at radius 1 is 1.11 bits per heavy atom. The van der Waals surface area contributed by atoms with Gasteiger partial charge in [-0.3, -0.25) is 19.7 Å². The molecule has 1 aromatic heterocycles. The summed E-state index contributed by atoms with van der Waals surface area (Å²) in [7, 11) is 0. The fourth-order valence-electron chi connectivity index (χ4n) is 2.54. The molecule has 0 radical (unpaired) electrons. The molecule has 0 atom stereocenters. The molecular weight excluding hydrogens is 405 g/mol. The molecule has 0 aliphatic rings. The lowest BCUT2D eigenvalue weighted by Crippen LogP contribution is -2.22. The molecule has 1 N–H and O–H groups in total. The first-order valence-electron chi connectivity index (χ1n) is 8.04. The number of halogens is 2. The zero-order valence-corrected chi connectivity index (χ0v) is 15.8. The van der Waals surface area contributed by atoms with Crippen LogP contribution in [0, 0.1) is 10.1 Å². The van der Waals surface area contributed by atoms with Crippen LogP contribution in [0.1, 0.15) is 15.9 Å². The van der Waals surface area contributed by atoms with E-state index in [0.29, 0.717) is 16.3 Å². The van der Waals surface area contributed by atoms with E-state index in [9.17, 15) is 19.7 Å². The zero-order chi connectivity index (χ0) is 20.3. The highest BCUT2D eigenvalue weighted by molar-refractivity contribution is 6.36. The minimum Gasteiger partial charge on any atom is -0.321 e. The molecule has 0 aliphatic carbocycles. The summed E-state index contributed by atoms with van der Waals surface area (Å²) in [5.74, 6) is -0.461. The van der Waals surface area contributed by atoms with Crippen LogP contribution < -0.4 is 10.9 Å². The minimum atomic E-state index is -0.508. The van der Waals surface area contributed by atoms with Gasteiger partial charge in [-0.2, -0.15) is 0 Å². The number of anilines is 1. The van der Waals surface area contributed by atoms with E-state index in [2.05, 4.69) is 5.32 Å². The number of carbonyl (C=O) groups is 1. The maximum absolute atomic E-state index is 12.5. The topological polar surface area (TPSA) is 94.2 Å². The summed E-state index contributed by atoms with van der Waals surface area (Å²) in [6, 6.07) is 13.3. The quantitative estimate of drug-likeness (QED) is 0.492. The van der Waals surface area contributed by atoms with Crippen molar-refractivity contribution in [2.75, 3.05) is 5.32 Å². The van der Waals surface area contributed by atoms with E-state index in [-0.39, 0.29) is 28.4 Å². The van der Waals surface area contributed by atoms with Crippen molar-refractivity contribution < 1.29 is 9.72 Å². The molecule has 0 saturated carbocycles. The molecule has 28 heavy (non-hydrogen) atoms. The summed E-state index contributed by atoms with van der Waals surface area (Å²) in [4.78, 5) is 35.0. The maximum atomic E-state index is 12.5. The highest BCUT2D eigenvalue weighted by Crippen LogP contribution is 2.25. The Morgan fingerprint density at radius 3 is 2.61 bits per heavy atom. The third kappa shape index (κ3) is 4.57. The van der Waals surface area contributed by atoms with Crippen LogP contribution in [0.4, 0.5) is 11.4 Å². The predicted octanol–water partition coefficient (Wildman–Crippen LogP) is 4.36. The second-order valence-electron chi connectivity index (χ2n) is 5.89. The van der Waals surface area contributed by atoms with E-state index in [1.54, 1.807) is 18.2 Å². The number of non-ortho nitro benzene ring substituents is 1. The molecule has 3 rings (SSSR count). The standard InChI is InChI=1S/C19H13Cl2N3O4/c20-14-5-6-17(16(21)9-14)22-19(26)13-4-7-18(25)23(11-13)10-12-2-1-3-15(8-12)24(27)28/h1-9,11H,10H2,(H,22,26). The molecule has 0 bridgehead atoms. The highest BCUT2D eigenvalue weighted by atomic mass is 35.5. The van der Waals surface area contributed by atoms with Crippen LogP contribution in [0.5, 0.6) is 0 Å². The number of nitrogens with zero attached hydrogens (tertiary/aromatic N) is 2. The lowest BCUT2D eigenvalue weighted by Gasteiger charge is -2.10. The van der Waals surface area contributed by atoms with Gasteiger partial charge in [-0.15, -0.1) is 0 Å². The van der Waals surface area contributed by atoms with Crippen LogP contribution in [-0.4, -0.2) is 15.4 Å². The largest absolute Gasteiger partial charge is 0.321 e. The average Bonchev–Trinajstić information content (AvgIpc) is 2.66. The van der Waals surface area contributed by atoms with E-state index >= 15 is 0 Å². The number of hydrogen-bond acceptors (Lipinski definition) is 4. The number of pyridine rings is 1. The van der Waals surface area contributed by atoms with Crippen LogP contribution >= 0.6 is 23.2 Å². The van der Waals surface area contributed by atoms with Crippen molar-refractivity contribution in [2.45, 2.75) is 6.54 Å². The van der Waals surface area contributed by atoms with Crippen molar-refractivity contribution in [3.8, 4) is 0 Å². The Hall–Kier alpha value is -3.16. The molecule has 0 spiro atoms. The van der Waals surface area contributed by atoms with Gasteiger partial charge in [0, 0.05) is 29.4 Å². The van der Waals surface area contributed by atoms with Gasteiger partial charge in [-0.05, 0) is 29.8 Å². The van der Waals surface area contributed by atoms with Gasteiger partial charge >= 0.3 is 0 Å². The summed E-state index contributed by atoms with van der Waals surface area (Å²) in [6.45, 7) is 0.0866. The van der Waals surface area contributed by atoms with Gasteiger partial charge in [0.2, 0.25) is 0 Å². The molecule has 3 aromatic rings. The number of nitrogens with one attached hydrogen (secondary N) is 1. The molecule has 0 aliphatic heterocycles. The first-order chi connectivity index (χ1) is 13.3. The van der Waals surface area contributed by atoms with Gasteiger partial charge in [0.05, 0.1) is 27.7 Å².